The Morgan fingerprint density at radius 1 is 1.00 bits per heavy atom. The van der Waals surface area contributed by atoms with Gasteiger partial charge in [0.25, 0.3) is 5.91 Å². The summed E-state index contributed by atoms with van der Waals surface area (Å²) in [5, 5.41) is 5.67. The Hall–Kier alpha value is -4.06. The fourth-order valence-electron chi connectivity index (χ4n) is 5.24. The summed E-state index contributed by atoms with van der Waals surface area (Å²) < 4.78 is 16.9. The third-order valence-electron chi connectivity index (χ3n) is 7.76. The Kier molecular flexibility index (Phi) is 11.3. The number of carbonyl (C=O) groups excluding carboxylic acids is 4. The first-order valence-corrected chi connectivity index (χ1v) is 18.9. The highest BCUT2D eigenvalue weighted by Crippen LogP contribution is 2.24. The van der Waals surface area contributed by atoms with Crippen LogP contribution in [0, 0.1) is 0 Å². The predicted octanol–water partition coefficient (Wildman–Crippen LogP) is 4.26. The molecule has 0 aromatic heterocycles. The van der Waals surface area contributed by atoms with E-state index in [0.29, 0.717) is 37.3 Å². The zero-order valence-electron chi connectivity index (χ0n) is 26.0. The van der Waals surface area contributed by atoms with Crippen LogP contribution in [0.5, 0.6) is 5.75 Å². The Labute approximate surface area is 260 Å². The monoisotopic (exact) mass is 624 g/mol. The highest BCUT2D eigenvalue weighted by Gasteiger charge is 2.40. The number of fused-ring (bicyclic) bond motifs is 3. The molecular formula is C32H44N4O7Si. The maximum atomic E-state index is 14.0. The van der Waals surface area contributed by atoms with Gasteiger partial charge in [0.1, 0.15) is 25.0 Å². The SMILES string of the molecule is CN1CCC[C@H](NC(=O)OCc2ccccc2)C(=O)N2C[C@@H](NC(=O)OCC[Si](C)(C)C)C[C@H]2COc2cccc(c2)C1=O. The van der Waals surface area contributed by atoms with Crippen molar-refractivity contribution in [2.24, 2.45) is 0 Å². The lowest BCUT2D eigenvalue weighted by atomic mass is 10.1. The van der Waals surface area contributed by atoms with Crippen LogP contribution in [0.25, 0.3) is 0 Å². The van der Waals surface area contributed by atoms with E-state index in [2.05, 4.69) is 30.3 Å². The van der Waals surface area contributed by atoms with Gasteiger partial charge < -0.3 is 34.6 Å². The molecule has 0 saturated carbocycles. The van der Waals surface area contributed by atoms with Crippen LogP contribution in [0.15, 0.2) is 54.6 Å². The number of rotatable bonds is 7. The number of amides is 4. The molecule has 0 aliphatic carbocycles. The van der Waals surface area contributed by atoms with Gasteiger partial charge in [-0.05, 0) is 49.1 Å². The third-order valence-corrected chi connectivity index (χ3v) is 9.47. The van der Waals surface area contributed by atoms with Crippen molar-refractivity contribution in [3.63, 3.8) is 0 Å². The fourth-order valence-corrected chi connectivity index (χ4v) is 5.95. The summed E-state index contributed by atoms with van der Waals surface area (Å²) in [7, 11) is 0.341. The minimum atomic E-state index is -1.36. The van der Waals surface area contributed by atoms with Crippen molar-refractivity contribution in [1.82, 2.24) is 20.4 Å². The van der Waals surface area contributed by atoms with Crippen molar-refractivity contribution in [2.75, 3.05) is 33.4 Å². The number of nitrogens with zero attached hydrogens (tertiary/aromatic N) is 2. The summed E-state index contributed by atoms with van der Waals surface area (Å²) in [4.78, 5) is 55.8. The van der Waals surface area contributed by atoms with Crippen LogP contribution in [0.3, 0.4) is 0 Å². The molecule has 2 aliphatic rings. The molecule has 2 aliphatic heterocycles. The molecule has 0 unspecified atom stereocenters. The van der Waals surface area contributed by atoms with Crippen LogP contribution >= 0.6 is 0 Å². The Bertz CT molecular complexity index is 1300. The number of alkyl carbamates (subject to hydrolysis) is 2. The van der Waals surface area contributed by atoms with Gasteiger partial charge >= 0.3 is 12.2 Å². The van der Waals surface area contributed by atoms with E-state index in [9.17, 15) is 19.2 Å². The van der Waals surface area contributed by atoms with Crippen molar-refractivity contribution in [2.45, 2.75) is 69.7 Å². The van der Waals surface area contributed by atoms with E-state index in [4.69, 9.17) is 14.2 Å². The van der Waals surface area contributed by atoms with E-state index in [1.807, 2.05) is 30.3 Å². The van der Waals surface area contributed by atoms with Crippen LogP contribution in [0.2, 0.25) is 25.7 Å². The van der Waals surface area contributed by atoms with Crippen LogP contribution in [-0.2, 0) is 20.9 Å². The van der Waals surface area contributed by atoms with E-state index in [1.165, 1.54) is 0 Å². The summed E-state index contributed by atoms with van der Waals surface area (Å²) in [6.07, 6.45) is -0.0155. The lowest BCUT2D eigenvalue weighted by Crippen LogP contribution is -2.52. The molecule has 11 nitrogen and oxygen atoms in total. The standard InChI is InChI=1S/C32H44N4O7Si/c1-35-15-9-14-28(34-32(40)43-21-23-10-6-5-7-11-23)30(38)36-20-25(33-31(39)41-16-17-44(2,3)4)19-26(36)22-42-27-13-8-12-24(18-27)29(35)37/h5-8,10-13,18,25-26,28H,9,14-17,19-22H2,1-4H3,(H,33,39)(H,34,40)/t25-,26-,28-/m0/s1. The van der Waals surface area contributed by atoms with Crippen molar-refractivity contribution < 1.29 is 33.4 Å². The van der Waals surface area contributed by atoms with Gasteiger partial charge in [-0.25, -0.2) is 9.59 Å². The molecular weight excluding hydrogens is 580 g/mol. The molecule has 0 radical (unpaired) electrons. The molecule has 0 spiro atoms. The molecule has 238 valence electrons. The zero-order valence-corrected chi connectivity index (χ0v) is 27.0. The molecule has 1 saturated heterocycles. The largest absolute Gasteiger partial charge is 0.491 e. The van der Waals surface area contributed by atoms with Gasteiger partial charge in [-0.15, -0.1) is 0 Å². The van der Waals surface area contributed by atoms with E-state index in [1.54, 1.807) is 41.1 Å². The van der Waals surface area contributed by atoms with E-state index in [-0.39, 0.29) is 50.1 Å². The van der Waals surface area contributed by atoms with Gasteiger partial charge in [0.2, 0.25) is 5.91 Å². The second kappa shape index (κ2) is 15.1. The van der Waals surface area contributed by atoms with Gasteiger partial charge in [-0.2, -0.15) is 0 Å². The van der Waals surface area contributed by atoms with Gasteiger partial charge in [0.15, 0.2) is 0 Å². The maximum absolute atomic E-state index is 14.0. The average molecular weight is 625 g/mol. The van der Waals surface area contributed by atoms with Gasteiger partial charge in [0.05, 0.1) is 18.7 Å². The van der Waals surface area contributed by atoms with E-state index < -0.39 is 26.3 Å². The summed E-state index contributed by atoms with van der Waals surface area (Å²) >= 11 is 0. The van der Waals surface area contributed by atoms with Crippen molar-refractivity contribution in [3.8, 4) is 5.75 Å². The Balaban J connectivity index is 1.49. The van der Waals surface area contributed by atoms with E-state index >= 15 is 0 Å². The van der Waals surface area contributed by atoms with Crippen molar-refractivity contribution in [3.05, 3.63) is 65.7 Å². The maximum Gasteiger partial charge on any atom is 0.408 e. The van der Waals surface area contributed by atoms with Gasteiger partial charge in [-0.3, -0.25) is 9.59 Å². The lowest BCUT2D eigenvalue weighted by molar-refractivity contribution is -0.135. The number of benzene rings is 2. The quantitative estimate of drug-likeness (QED) is 0.441. The second-order valence-corrected chi connectivity index (χ2v) is 18.3. The molecule has 2 aromatic carbocycles. The topological polar surface area (TPSA) is 127 Å². The molecule has 4 amide bonds. The highest BCUT2D eigenvalue weighted by molar-refractivity contribution is 6.76. The second-order valence-electron chi connectivity index (χ2n) is 12.6. The zero-order chi connectivity index (χ0) is 31.7. The van der Waals surface area contributed by atoms with Crippen molar-refractivity contribution in [1.29, 1.82) is 0 Å². The first kappa shape index (κ1) is 32.8. The Morgan fingerprint density at radius 2 is 1.75 bits per heavy atom. The van der Waals surface area contributed by atoms with Crippen molar-refractivity contribution >= 4 is 32.1 Å². The van der Waals surface area contributed by atoms with Crippen LogP contribution in [0.1, 0.15) is 35.2 Å². The predicted molar refractivity (Wildman–Crippen MR) is 168 cm³/mol. The molecule has 1 fully saturated rings. The normalized spacial score (nSPS) is 21.0. The first-order chi connectivity index (χ1) is 21.0. The Morgan fingerprint density at radius 3 is 2.50 bits per heavy atom. The molecule has 2 heterocycles. The molecule has 3 atom stereocenters. The number of ether oxygens (including phenoxy) is 3. The fraction of sp³-hybridized carbons (Fsp3) is 0.500. The summed E-state index contributed by atoms with van der Waals surface area (Å²) in [5.74, 6) is 0.0477. The number of hydrogen-bond acceptors (Lipinski definition) is 7. The molecule has 44 heavy (non-hydrogen) atoms. The lowest BCUT2D eigenvalue weighted by Gasteiger charge is -2.30. The van der Waals surface area contributed by atoms with E-state index in [0.717, 1.165) is 11.6 Å². The summed E-state index contributed by atoms with van der Waals surface area (Å²) in [5.41, 5.74) is 1.33. The number of hydrogen-bond donors (Lipinski definition) is 2. The molecule has 2 aromatic rings. The van der Waals surface area contributed by atoms with Gasteiger partial charge in [-0.1, -0.05) is 56.0 Å². The molecule has 12 heteroatoms. The van der Waals surface area contributed by atoms with Crippen LogP contribution in [-0.4, -0.2) is 93.4 Å². The first-order valence-electron chi connectivity index (χ1n) is 15.2. The number of carbonyl (C=O) groups is 4. The average Bonchev–Trinajstić information content (AvgIpc) is 3.39. The smallest absolute Gasteiger partial charge is 0.408 e. The molecule has 4 rings (SSSR count). The van der Waals surface area contributed by atoms with Crippen LogP contribution in [0.4, 0.5) is 9.59 Å². The minimum Gasteiger partial charge on any atom is -0.491 e. The third kappa shape index (κ3) is 9.73. The number of nitrogens with one attached hydrogen (secondary N) is 2. The minimum absolute atomic E-state index is 0.0640. The molecule has 2 bridgehead atoms. The summed E-state index contributed by atoms with van der Waals surface area (Å²) in [6, 6.07) is 15.5. The molecule has 2 N–H and O–H groups in total. The summed E-state index contributed by atoms with van der Waals surface area (Å²) in [6.45, 7) is 7.83. The van der Waals surface area contributed by atoms with Gasteiger partial charge in [0, 0.05) is 33.8 Å². The van der Waals surface area contributed by atoms with Crippen LogP contribution < -0.4 is 15.4 Å². The highest BCUT2D eigenvalue weighted by atomic mass is 28.3.